The molecule has 0 aromatic carbocycles. The predicted octanol–water partition coefficient (Wildman–Crippen LogP) is 2.26. The van der Waals surface area contributed by atoms with Crippen molar-refractivity contribution in [2.75, 3.05) is 13.1 Å². The molecule has 0 aromatic rings. The van der Waals surface area contributed by atoms with Gasteiger partial charge < -0.3 is 14.7 Å². The smallest absolute Gasteiger partial charge is 0.410 e. The third-order valence-corrected chi connectivity index (χ3v) is 3.64. The summed E-state index contributed by atoms with van der Waals surface area (Å²) in [5.41, 5.74) is -1.18. The van der Waals surface area contributed by atoms with Crippen molar-refractivity contribution in [1.29, 1.82) is 0 Å². The van der Waals surface area contributed by atoms with Crippen molar-refractivity contribution >= 4 is 6.09 Å². The molecule has 1 aliphatic heterocycles. The third kappa shape index (κ3) is 3.35. The van der Waals surface area contributed by atoms with Gasteiger partial charge >= 0.3 is 6.09 Å². The standard InChI is InChI=1S/C13H25NO3/c1-9-7-14(8-10(2)13(9,6)16)11(15)17-12(3,4)5/h9-10,16H,7-8H2,1-6H3. The molecule has 1 heterocycles. The molecule has 100 valence electrons. The normalized spacial score (nSPS) is 34.6. The first-order chi connectivity index (χ1) is 7.54. The van der Waals surface area contributed by atoms with Crippen LogP contribution in [0.1, 0.15) is 41.5 Å². The number of rotatable bonds is 0. The van der Waals surface area contributed by atoms with Gasteiger partial charge in [-0.1, -0.05) is 13.8 Å². The average Bonchev–Trinajstić information content (AvgIpc) is 2.11. The predicted molar refractivity (Wildman–Crippen MR) is 66.8 cm³/mol. The lowest BCUT2D eigenvalue weighted by Gasteiger charge is -2.45. The van der Waals surface area contributed by atoms with Gasteiger partial charge in [-0.2, -0.15) is 0 Å². The van der Waals surface area contributed by atoms with Crippen LogP contribution in [0.15, 0.2) is 0 Å². The Bertz CT molecular complexity index is 280. The molecule has 1 amide bonds. The highest BCUT2D eigenvalue weighted by Gasteiger charge is 2.42. The lowest BCUT2D eigenvalue weighted by Crippen LogP contribution is -2.56. The van der Waals surface area contributed by atoms with Crippen molar-refractivity contribution in [2.45, 2.75) is 52.7 Å². The molecule has 1 rings (SSSR count). The van der Waals surface area contributed by atoms with Crippen LogP contribution < -0.4 is 0 Å². The zero-order chi connectivity index (χ0) is 13.4. The first kappa shape index (κ1) is 14.3. The van der Waals surface area contributed by atoms with Gasteiger partial charge in [0.05, 0.1) is 5.60 Å². The van der Waals surface area contributed by atoms with Crippen molar-refractivity contribution in [3.05, 3.63) is 0 Å². The molecule has 0 spiro atoms. The van der Waals surface area contributed by atoms with E-state index in [1.54, 1.807) is 4.90 Å². The van der Waals surface area contributed by atoms with E-state index in [4.69, 9.17) is 4.74 Å². The Morgan fingerprint density at radius 2 is 1.71 bits per heavy atom. The number of nitrogens with zero attached hydrogens (tertiary/aromatic N) is 1. The molecular weight excluding hydrogens is 218 g/mol. The highest BCUT2D eigenvalue weighted by Crippen LogP contribution is 2.32. The summed E-state index contributed by atoms with van der Waals surface area (Å²) in [6, 6.07) is 0. The lowest BCUT2D eigenvalue weighted by atomic mass is 9.77. The van der Waals surface area contributed by atoms with Crippen LogP contribution in [0.4, 0.5) is 4.79 Å². The van der Waals surface area contributed by atoms with Crippen LogP contribution in [0.25, 0.3) is 0 Å². The van der Waals surface area contributed by atoms with Crippen LogP contribution >= 0.6 is 0 Å². The summed E-state index contributed by atoms with van der Waals surface area (Å²) in [4.78, 5) is 13.6. The van der Waals surface area contributed by atoms with E-state index in [-0.39, 0.29) is 17.9 Å². The van der Waals surface area contributed by atoms with Gasteiger partial charge in [0.1, 0.15) is 5.60 Å². The highest BCUT2D eigenvalue weighted by molar-refractivity contribution is 5.68. The van der Waals surface area contributed by atoms with Gasteiger partial charge in [0, 0.05) is 24.9 Å². The van der Waals surface area contributed by atoms with E-state index >= 15 is 0 Å². The second-order valence-corrected chi connectivity index (χ2v) is 6.41. The molecule has 0 radical (unpaired) electrons. The monoisotopic (exact) mass is 243 g/mol. The van der Waals surface area contributed by atoms with Crippen LogP contribution in [-0.4, -0.2) is 40.4 Å². The van der Waals surface area contributed by atoms with Crippen LogP contribution in [-0.2, 0) is 4.74 Å². The molecule has 17 heavy (non-hydrogen) atoms. The van der Waals surface area contributed by atoms with E-state index in [0.717, 1.165) is 0 Å². The molecule has 1 N–H and O–H groups in total. The summed E-state index contributed by atoms with van der Waals surface area (Å²) in [6.07, 6.45) is -0.285. The molecule has 0 aliphatic carbocycles. The van der Waals surface area contributed by atoms with Gasteiger partial charge in [-0.3, -0.25) is 0 Å². The maximum Gasteiger partial charge on any atom is 0.410 e. The number of piperidine rings is 1. The van der Waals surface area contributed by atoms with Crippen molar-refractivity contribution in [1.82, 2.24) is 4.90 Å². The molecule has 0 saturated carbocycles. The lowest BCUT2D eigenvalue weighted by molar-refractivity contribution is -0.0918. The second-order valence-electron chi connectivity index (χ2n) is 6.41. The summed E-state index contributed by atoms with van der Waals surface area (Å²) in [7, 11) is 0. The molecular formula is C13H25NO3. The van der Waals surface area contributed by atoms with Gasteiger partial charge in [-0.05, 0) is 27.7 Å². The second kappa shape index (κ2) is 4.48. The Balaban J connectivity index is 2.68. The number of carbonyl (C=O) groups excluding carboxylic acids is 1. The fourth-order valence-electron chi connectivity index (χ4n) is 2.07. The fourth-order valence-corrected chi connectivity index (χ4v) is 2.07. The van der Waals surface area contributed by atoms with Crippen LogP contribution in [0, 0.1) is 11.8 Å². The van der Waals surface area contributed by atoms with Crippen molar-refractivity contribution in [2.24, 2.45) is 11.8 Å². The maximum absolute atomic E-state index is 11.9. The fraction of sp³-hybridized carbons (Fsp3) is 0.923. The number of carbonyl (C=O) groups is 1. The third-order valence-electron chi connectivity index (χ3n) is 3.64. The molecule has 4 nitrogen and oxygen atoms in total. The van der Waals surface area contributed by atoms with E-state index in [1.165, 1.54) is 0 Å². The summed E-state index contributed by atoms with van der Waals surface area (Å²) in [5.74, 6) is 0.109. The minimum atomic E-state index is -0.710. The topological polar surface area (TPSA) is 49.8 Å². The zero-order valence-corrected chi connectivity index (χ0v) is 11.8. The molecule has 0 bridgehead atoms. The van der Waals surface area contributed by atoms with Gasteiger partial charge in [0.15, 0.2) is 0 Å². The highest BCUT2D eigenvalue weighted by atomic mass is 16.6. The minimum absolute atomic E-state index is 0.0544. The Kier molecular flexibility index (Phi) is 3.77. The first-order valence-corrected chi connectivity index (χ1v) is 6.24. The van der Waals surface area contributed by atoms with Gasteiger partial charge in [0.25, 0.3) is 0 Å². The zero-order valence-electron chi connectivity index (χ0n) is 11.8. The van der Waals surface area contributed by atoms with E-state index < -0.39 is 11.2 Å². The van der Waals surface area contributed by atoms with Gasteiger partial charge in [-0.25, -0.2) is 4.79 Å². The van der Waals surface area contributed by atoms with Crippen LogP contribution in [0.2, 0.25) is 0 Å². The van der Waals surface area contributed by atoms with E-state index in [1.807, 2.05) is 41.5 Å². The Labute approximate surface area is 104 Å². The summed E-state index contributed by atoms with van der Waals surface area (Å²) in [5, 5.41) is 10.3. The SMILES string of the molecule is CC1CN(C(=O)OC(C)(C)C)CC(C)C1(C)O. The number of ether oxygens (including phenoxy) is 1. The summed E-state index contributed by atoms with van der Waals surface area (Å²) < 4.78 is 5.35. The molecule has 2 atom stereocenters. The van der Waals surface area contributed by atoms with Gasteiger partial charge in [-0.15, -0.1) is 0 Å². The number of aliphatic hydroxyl groups is 1. The quantitative estimate of drug-likeness (QED) is 0.710. The number of hydrogen-bond acceptors (Lipinski definition) is 3. The van der Waals surface area contributed by atoms with Crippen LogP contribution in [0.5, 0.6) is 0 Å². The van der Waals surface area contributed by atoms with Crippen molar-refractivity contribution < 1.29 is 14.6 Å². The molecule has 1 aliphatic rings. The van der Waals surface area contributed by atoms with E-state index in [9.17, 15) is 9.90 Å². The minimum Gasteiger partial charge on any atom is -0.444 e. The van der Waals surface area contributed by atoms with E-state index in [0.29, 0.717) is 13.1 Å². The average molecular weight is 243 g/mol. The largest absolute Gasteiger partial charge is 0.444 e. The maximum atomic E-state index is 11.9. The van der Waals surface area contributed by atoms with Gasteiger partial charge in [0.2, 0.25) is 0 Å². The number of hydrogen-bond donors (Lipinski definition) is 1. The van der Waals surface area contributed by atoms with Crippen LogP contribution in [0.3, 0.4) is 0 Å². The molecule has 1 fully saturated rings. The first-order valence-electron chi connectivity index (χ1n) is 6.24. The molecule has 1 saturated heterocycles. The Hall–Kier alpha value is -0.770. The summed E-state index contributed by atoms with van der Waals surface area (Å²) in [6.45, 7) is 12.4. The Morgan fingerprint density at radius 1 is 1.29 bits per heavy atom. The van der Waals surface area contributed by atoms with Crippen molar-refractivity contribution in [3.63, 3.8) is 0 Å². The summed E-state index contributed by atoms with van der Waals surface area (Å²) >= 11 is 0. The molecule has 2 unspecified atom stereocenters. The number of likely N-dealkylation sites (tertiary alicyclic amines) is 1. The van der Waals surface area contributed by atoms with E-state index in [2.05, 4.69) is 0 Å². The number of amides is 1. The van der Waals surface area contributed by atoms with Crippen molar-refractivity contribution in [3.8, 4) is 0 Å². The Morgan fingerprint density at radius 3 is 2.06 bits per heavy atom. The molecule has 0 aromatic heterocycles. The molecule has 4 heteroatoms.